The number of benzene rings is 2. The van der Waals surface area contributed by atoms with Crippen LogP contribution in [-0.2, 0) is 20.9 Å². The van der Waals surface area contributed by atoms with E-state index in [1.165, 1.54) is 14.0 Å². The number of hydrogen-bond donors (Lipinski definition) is 0. The Labute approximate surface area is 164 Å². The van der Waals surface area contributed by atoms with Crippen LogP contribution in [0.25, 0.3) is 0 Å². The van der Waals surface area contributed by atoms with Crippen LogP contribution in [0.3, 0.4) is 0 Å². The molecule has 28 heavy (non-hydrogen) atoms. The molecule has 1 atom stereocenters. The summed E-state index contributed by atoms with van der Waals surface area (Å²) in [7, 11) is 1.52. The van der Waals surface area contributed by atoms with E-state index in [1.54, 1.807) is 23.1 Å². The summed E-state index contributed by atoms with van der Waals surface area (Å²) in [6, 6.07) is 12.6. The molecule has 6 nitrogen and oxygen atoms in total. The van der Waals surface area contributed by atoms with Gasteiger partial charge in [-0.05, 0) is 44.2 Å². The fourth-order valence-electron chi connectivity index (χ4n) is 3.22. The van der Waals surface area contributed by atoms with Crippen LogP contribution in [0.2, 0.25) is 0 Å². The highest BCUT2D eigenvalue weighted by Gasteiger charge is 2.36. The average molecular weight is 381 g/mol. The Morgan fingerprint density at radius 1 is 1.14 bits per heavy atom. The maximum absolute atomic E-state index is 12.5. The lowest BCUT2D eigenvalue weighted by Crippen LogP contribution is -2.26. The third kappa shape index (κ3) is 4.22. The van der Waals surface area contributed by atoms with Crippen molar-refractivity contribution in [2.24, 2.45) is 5.92 Å². The van der Waals surface area contributed by atoms with Crippen LogP contribution in [0, 0.1) is 12.8 Å². The number of carbonyl (C=O) groups is 3. The van der Waals surface area contributed by atoms with Gasteiger partial charge in [-0.25, -0.2) is 0 Å². The van der Waals surface area contributed by atoms with E-state index in [2.05, 4.69) is 0 Å². The molecule has 0 aromatic heterocycles. The van der Waals surface area contributed by atoms with Gasteiger partial charge in [0.1, 0.15) is 12.4 Å². The van der Waals surface area contributed by atoms with E-state index in [0.717, 1.165) is 11.3 Å². The van der Waals surface area contributed by atoms with Gasteiger partial charge < -0.3 is 14.4 Å². The first-order chi connectivity index (χ1) is 13.4. The van der Waals surface area contributed by atoms with Crippen molar-refractivity contribution in [3.05, 3.63) is 59.2 Å². The minimum atomic E-state index is -0.518. The highest BCUT2D eigenvalue weighted by atomic mass is 16.5. The summed E-state index contributed by atoms with van der Waals surface area (Å²) in [5, 5.41) is 0. The molecule has 0 bridgehead atoms. The van der Waals surface area contributed by atoms with E-state index in [0.29, 0.717) is 23.4 Å². The number of ether oxygens (including phenoxy) is 2. The predicted octanol–water partition coefficient (Wildman–Crippen LogP) is 3.30. The second-order valence-electron chi connectivity index (χ2n) is 6.93. The fraction of sp³-hybridized carbons (Fsp3) is 0.318. The molecule has 0 aliphatic carbocycles. The number of rotatable bonds is 6. The standard InChI is InChI=1S/C22H23NO5/c1-14-4-7-19(8-5-14)23-12-17(11-21(23)25)22(26)28-13-18-10-16(15(2)24)6-9-20(18)27-3/h4-10,17H,11-13H2,1-3H3/t17-/m0/s1. The lowest BCUT2D eigenvalue weighted by Gasteiger charge is -2.17. The van der Waals surface area contributed by atoms with E-state index in [1.807, 2.05) is 31.2 Å². The molecule has 1 aliphatic heterocycles. The first kappa shape index (κ1) is 19.6. The van der Waals surface area contributed by atoms with E-state index in [9.17, 15) is 14.4 Å². The number of methoxy groups -OCH3 is 1. The van der Waals surface area contributed by atoms with E-state index < -0.39 is 11.9 Å². The first-order valence-electron chi connectivity index (χ1n) is 9.10. The molecule has 0 N–H and O–H groups in total. The highest BCUT2D eigenvalue weighted by Crippen LogP contribution is 2.27. The van der Waals surface area contributed by atoms with Crippen LogP contribution < -0.4 is 9.64 Å². The smallest absolute Gasteiger partial charge is 0.311 e. The van der Waals surface area contributed by atoms with Crippen molar-refractivity contribution < 1.29 is 23.9 Å². The number of hydrogen-bond acceptors (Lipinski definition) is 5. The molecule has 1 heterocycles. The third-order valence-electron chi connectivity index (χ3n) is 4.86. The number of ketones is 1. The molecular formula is C22H23NO5. The molecule has 146 valence electrons. The van der Waals surface area contributed by atoms with Gasteiger partial charge in [0.15, 0.2) is 5.78 Å². The Hall–Kier alpha value is -3.15. The van der Waals surface area contributed by atoms with Crippen molar-refractivity contribution in [2.75, 3.05) is 18.6 Å². The molecule has 1 fully saturated rings. The molecule has 0 radical (unpaired) electrons. The van der Waals surface area contributed by atoms with Crippen LogP contribution in [0.15, 0.2) is 42.5 Å². The van der Waals surface area contributed by atoms with Gasteiger partial charge in [0.2, 0.25) is 5.91 Å². The van der Waals surface area contributed by atoms with Gasteiger partial charge in [0, 0.05) is 29.8 Å². The fourth-order valence-corrected chi connectivity index (χ4v) is 3.22. The Kier molecular flexibility index (Phi) is 5.78. The molecule has 2 aromatic carbocycles. The SMILES string of the molecule is COc1ccc(C(C)=O)cc1COC(=O)[C@H]1CC(=O)N(c2ccc(C)cc2)C1. The lowest BCUT2D eigenvalue weighted by molar-refractivity contribution is -0.149. The molecule has 6 heteroatoms. The minimum Gasteiger partial charge on any atom is -0.496 e. The monoisotopic (exact) mass is 381 g/mol. The molecule has 0 spiro atoms. The zero-order valence-corrected chi connectivity index (χ0v) is 16.2. The number of esters is 1. The summed E-state index contributed by atoms with van der Waals surface area (Å²) in [5.41, 5.74) is 3.02. The Bertz CT molecular complexity index is 904. The van der Waals surface area contributed by atoms with Crippen LogP contribution >= 0.6 is 0 Å². The molecule has 1 aliphatic rings. The van der Waals surface area contributed by atoms with Gasteiger partial charge in [-0.15, -0.1) is 0 Å². The predicted molar refractivity (Wildman–Crippen MR) is 104 cm³/mol. The minimum absolute atomic E-state index is 0.0155. The van der Waals surface area contributed by atoms with Crippen LogP contribution in [0.1, 0.15) is 34.8 Å². The van der Waals surface area contributed by atoms with Gasteiger partial charge in [-0.2, -0.15) is 0 Å². The van der Waals surface area contributed by atoms with Crippen molar-refractivity contribution in [2.45, 2.75) is 26.9 Å². The quantitative estimate of drug-likeness (QED) is 0.567. The van der Waals surface area contributed by atoms with Crippen LogP contribution in [-0.4, -0.2) is 31.3 Å². The summed E-state index contributed by atoms with van der Waals surface area (Å²) >= 11 is 0. The van der Waals surface area contributed by atoms with Crippen molar-refractivity contribution >= 4 is 23.3 Å². The zero-order valence-electron chi connectivity index (χ0n) is 16.2. The molecule has 0 saturated carbocycles. The number of amides is 1. The van der Waals surface area contributed by atoms with Crippen molar-refractivity contribution in [1.82, 2.24) is 0 Å². The Morgan fingerprint density at radius 3 is 2.50 bits per heavy atom. The Morgan fingerprint density at radius 2 is 1.86 bits per heavy atom. The third-order valence-corrected chi connectivity index (χ3v) is 4.86. The maximum atomic E-state index is 12.5. The van der Waals surface area contributed by atoms with E-state index >= 15 is 0 Å². The molecular weight excluding hydrogens is 358 g/mol. The molecule has 3 rings (SSSR count). The average Bonchev–Trinajstić information content (AvgIpc) is 3.08. The second kappa shape index (κ2) is 8.25. The Balaban J connectivity index is 1.66. The van der Waals surface area contributed by atoms with E-state index in [4.69, 9.17) is 9.47 Å². The maximum Gasteiger partial charge on any atom is 0.311 e. The zero-order chi connectivity index (χ0) is 20.3. The number of Topliss-reactive ketones (excluding diaryl/α,β-unsaturated/α-hetero) is 1. The highest BCUT2D eigenvalue weighted by molar-refractivity contribution is 5.99. The summed E-state index contributed by atoms with van der Waals surface area (Å²) < 4.78 is 10.7. The summed E-state index contributed by atoms with van der Waals surface area (Å²) in [4.78, 5) is 38.0. The molecule has 1 amide bonds. The number of carbonyl (C=O) groups excluding carboxylic acids is 3. The summed E-state index contributed by atoms with van der Waals surface area (Å²) in [5.74, 6) is -0.581. The largest absolute Gasteiger partial charge is 0.496 e. The second-order valence-corrected chi connectivity index (χ2v) is 6.93. The van der Waals surface area contributed by atoms with E-state index in [-0.39, 0.29) is 24.7 Å². The first-order valence-corrected chi connectivity index (χ1v) is 9.10. The molecule has 0 unspecified atom stereocenters. The van der Waals surface area contributed by atoms with Gasteiger partial charge in [-0.1, -0.05) is 17.7 Å². The van der Waals surface area contributed by atoms with Gasteiger partial charge in [0.25, 0.3) is 0 Å². The number of aryl methyl sites for hydroxylation is 1. The van der Waals surface area contributed by atoms with Crippen LogP contribution in [0.5, 0.6) is 5.75 Å². The van der Waals surface area contributed by atoms with Gasteiger partial charge in [-0.3, -0.25) is 14.4 Å². The molecule has 2 aromatic rings. The summed E-state index contributed by atoms with van der Waals surface area (Å²) in [6.07, 6.45) is 0.122. The lowest BCUT2D eigenvalue weighted by atomic mass is 10.1. The topological polar surface area (TPSA) is 72.9 Å². The van der Waals surface area contributed by atoms with Crippen molar-refractivity contribution in [1.29, 1.82) is 0 Å². The van der Waals surface area contributed by atoms with Crippen LogP contribution in [0.4, 0.5) is 5.69 Å². The van der Waals surface area contributed by atoms with Crippen molar-refractivity contribution in [3.8, 4) is 5.75 Å². The summed E-state index contributed by atoms with van der Waals surface area (Å²) in [6.45, 7) is 3.73. The molecule has 1 saturated heterocycles. The number of nitrogens with zero attached hydrogens (tertiary/aromatic N) is 1. The normalized spacial score (nSPS) is 16.2. The van der Waals surface area contributed by atoms with Crippen molar-refractivity contribution in [3.63, 3.8) is 0 Å². The van der Waals surface area contributed by atoms with Gasteiger partial charge in [0.05, 0.1) is 13.0 Å². The number of anilines is 1. The van der Waals surface area contributed by atoms with Gasteiger partial charge >= 0.3 is 5.97 Å².